The zero-order valence-electron chi connectivity index (χ0n) is 19.0. The minimum atomic E-state index is -3.31. The number of amides is 1. The first-order valence-corrected chi connectivity index (χ1v) is 12.4. The van der Waals surface area contributed by atoms with Gasteiger partial charge in [0, 0.05) is 24.7 Å². The predicted octanol–water partition coefficient (Wildman–Crippen LogP) is 4.95. The van der Waals surface area contributed by atoms with Gasteiger partial charge >= 0.3 is 0 Å². The molecule has 0 saturated carbocycles. The van der Waals surface area contributed by atoms with Crippen molar-refractivity contribution >= 4 is 21.4 Å². The Morgan fingerprint density at radius 1 is 1.09 bits per heavy atom. The van der Waals surface area contributed by atoms with Crippen molar-refractivity contribution in [3.8, 4) is 22.9 Å². The summed E-state index contributed by atoms with van der Waals surface area (Å²) in [7, 11) is -3.31. The van der Waals surface area contributed by atoms with E-state index in [4.69, 9.17) is 9.26 Å². The van der Waals surface area contributed by atoms with Gasteiger partial charge in [0.05, 0.1) is 22.6 Å². The van der Waals surface area contributed by atoms with Crippen molar-refractivity contribution in [2.45, 2.75) is 25.2 Å². The average Bonchev–Trinajstić information content (AvgIpc) is 3.25. The van der Waals surface area contributed by atoms with Gasteiger partial charge in [0.25, 0.3) is 0 Å². The summed E-state index contributed by atoms with van der Waals surface area (Å²) < 4.78 is 48.5. The van der Waals surface area contributed by atoms with Crippen molar-refractivity contribution in [1.82, 2.24) is 10.1 Å². The predicted molar refractivity (Wildman–Crippen MR) is 127 cm³/mol. The second kappa shape index (κ2) is 10.1. The molecule has 10 heteroatoms. The summed E-state index contributed by atoms with van der Waals surface area (Å²) in [5, 5.41) is 6.70. The van der Waals surface area contributed by atoms with E-state index in [9.17, 15) is 17.6 Å². The van der Waals surface area contributed by atoms with Crippen molar-refractivity contribution in [2.24, 2.45) is 0 Å². The average molecular weight is 496 g/mol. The third kappa shape index (κ3) is 5.90. The van der Waals surface area contributed by atoms with Crippen LogP contribution in [-0.2, 0) is 21.1 Å². The van der Waals surface area contributed by atoms with Crippen molar-refractivity contribution in [3.63, 3.8) is 0 Å². The molecule has 0 atom stereocenters. The van der Waals surface area contributed by atoms with Gasteiger partial charge in [-0.05, 0) is 42.0 Å². The molecule has 0 unspecified atom stereocenters. The Labute approximate surface area is 201 Å². The van der Waals surface area contributed by atoms with E-state index < -0.39 is 15.7 Å². The first kappa shape index (κ1) is 24.1. The largest absolute Gasteiger partial charge is 0.456 e. The van der Waals surface area contributed by atoms with Crippen LogP contribution in [0.1, 0.15) is 18.4 Å². The molecule has 0 spiro atoms. The van der Waals surface area contributed by atoms with Crippen LogP contribution in [0.5, 0.6) is 11.5 Å². The maximum atomic E-state index is 13.7. The molecule has 1 N–H and O–H groups in total. The summed E-state index contributed by atoms with van der Waals surface area (Å²) in [5.74, 6) is 0.450. The quantitative estimate of drug-likeness (QED) is 0.368. The number of ether oxygens (including phenoxy) is 1. The molecule has 0 aliphatic rings. The second-order valence-electron chi connectivity index (χ2n) is 7.68. The van der Waals surface area contributed by atoms with E-state index >= 15 is 0 Å². The molecular formula is C25H22FN3O5S. The van der Waals surface area contributed by atoms with Crippen LogP contribution in [0.15, 0.2) is 76.1 Å². The monoisotopic (exact) mass is 495 g/mol. The first-order chi connectivity index (χ1) is 16.7. The number of aromatic nitrogens is 2. The van der Waals surface area contributed by atoms with Gasteiger partial charge in [-0.15, -0.1) is 0 Å². The Bertz CT molecular complexity index is 1470. The molecule has 8 nitrogen and oxygen atoms in total. The van der Waals surface area contributed by atoms with Crippen LogP contribution in [0.2, 0.25) is 0 Å². The van der Waals surface area contributed by atoms with Crippen LogP contribution in [0.3, 0.4) is 0 Å². The number of halogens is 1. The second-order valence-corrected chi connectivity index (χ2v) is 9.96. The number of carbonyl (C=O) groups is 1. The minimum Gasteiger partial charge on any atom is -0.456 e. The number of hydrogen-bond donors (Lipinski definition) is 1. The molecule has 0 bridgehead atoms. The third-order valence-electron chi connectivity index (χ3n) is 5.08. The normalized spacial score (nSPS) is 11.3. The number of nitrogens with one attached hydrogen (secondary N) is 1. The standard InChI is InChI=1S/C25H22FN3O5S/c1-3-35(31,32)21-10-7-17(8-11-21)13-24(30)28-19-9-12-22(25-27-16(2)34-29-25)23(15-19)33-20-6-4-5-18(26)14-20/h4-12,14-15H,3,13H2,1-2H3,(H,28,30). The molecule has 0 aliphatic carbocycles. The van der Waals surface area contributed by atoms with E-state index in [0.717, 1.165) is 0 Å². The first-order valence-electron chi connectivity index (χ1n) is 10.7. The molecule has 1 amide bonds. The molecule has 35 heavy (non-hydrogen) atoms. The number of anilines is 1. The molecule has 4 aromatic rings. The molecule has 3 aromatic carbocycles. The number of rotatable bonds is 8. The van der Waals surface area contributed by atoms with Crippen LogP contribution >= 0.6 is 0 Å². The Morgan fingerprint density at radius 2 is 1.86 bits per heavy atom. The summed E-state index contributed by atoms with van der Waals surface area (Å²) in [6.45, 7) is 3.23. The lowest BCUT2D eigenvalue weighted by Crippen LogP contribution is -2.14. The van der Waals surface area contributed by atoms with Crippen LogP contribution in [0.25, 0.3) is 11.4 Å². The molecule has 4 rings (SSSR count). The number of carbonyl (C=O) groups excluding carboxylic acids is 1. The lowest BCUT2D eigenvalue weighted by Gasteiger charge is -2.12. The van der Waals surface area contributed by atoms with Crippen molar-refractivity contribution < 1.29 is 26.9 Å². The van der Waals surface area contributed by atoms with Gasteiger partial charge in [0.15, 0.2) is 9.84 Å². The van der Waals surface area contributed by atoms with Gasteiger partial charge in [0.2, 0.25) is 17.6 Å². The van der Waals surface area contributed by atoms with E-state index in [2.05, 4.69) is 15.5 Å². The summed E-state index contributed by atoms with van der Waals surface area (Å²) in [6.07, 6.45) is 0.0400. The third-order valence-corrected chi connectivity index (χ3v) is 6.84. The molecule has 1 heterocycles. The lowest BCUT2D eigenvalue weighted by atomic mass is 10.1. The molecule has 0 fully saturated rings. The maximum absolute atomic E-state index is 13.7. The van der Waals surface area contributed by atoms with Crippen molar-refractivity contribution in [3.05, 3.63) is 84.0 Å². The van der Waals surface area contributed by atoms with Gasteiger partial charge in [-0.1, -0.05) is 30.3 Å². The van der Waals surface area contributed by atoms with Crippen molar-refractivity contribution in [1.29, 1.82) is 0 Å². The smallest absolute Gasteiger partial charge is 0.228 e. The number of benzene rings is 3. The minimum absolute atomic E-state index is 0.00623. The zero-order chi connectivity index (χ0) is 25.0. The van der Waals surface area contributed by atoms with Crippen LogP contribution in [-0.4, -0.2) is 30.2 Å². The highest BCUT2D eigenvalue weighted by Crippen LogP contribution is 2.34. The van der Waals surface area contributed by atoms with E-state index in [1.807, 2.05) is 0 Å². The van der Waals surface area contributed by atoms with E-state index in [-0.39, 0.29) is 34.6 Å². The highest BCUT2D eigenvalue weighted by molar-refractivity contribution is 7.91. The fourth-order valence-electron chi connectivity index (χ4n) is 3.31. The Morgan fingerprint density at radius 3 is 2.51 bits per heavy atom. The molecule has 0 aliphatic heterocycles. The highest BCUT2D eigenvalue weighted by atomic mass is 32.2. The Balaban J connectivity index is 1.55. The fraction of sp³-hybridized carbons (Fsp3) is 0.160. The molecule has 0 saturated heterocycles. The maximum Gasteiger partial charge on any atom is 0.228 e. The summed E-state index contributed by atoms with van der Waals surface area (Å²) >= 11 is 0. The summed E-state index contributed by atoms with van der Waals surface area (Å²) in [4.78, 5) is 17.1. The summed E-state index contributed by atoms with van der Waals surface area (Å²) in [5.41, 5.74) is 1.60. The van der Waals surface area contributed by atoms with Gasteiger partial charge in [-0.2, -0.15) is 4.98 Å². The lowest BCUT2D eigenvalue weighted by molar-refractivity contribution is -0.115. The molecular weight excluding hydrogens is 473 g/mol. The van der Waals surface area contributed by atoms with E-state index in [1.54, 1.807) is 50.2 Å². The van der Waals surface area contributed by atoms with Crippen molar-refractivity contribution in [2.75, 3.05) is 11.1 Å². The number of aryl methyl sites for hydroxylation is 1. The highest BCUT2D eigenvalue weighted by Gasteiger charge is 2.16. The van der Waals surface area contributed by atoms with E-state index in [1.165, 1.54) is 30.3 Å². The van der Waals surface area contributed by atoms with Crippen LogP contribution in [0, 0.1) is 12.7 Å². The van der Waals surface area contributed by atoms with Gasteiger partial charge in [-0.25, -0.2) is 12.8 Å². The fourth-order valence-corrected chi connectivity index (χ4v) is 4.19. The van der Waals surface area contributed by atoms with E-state index in [0.29, 0.717) is 28.5 Å². The SMILES string of the molecule is CCS(=O)(=O)c1ccc(CC(=O)Nc2ccc(-c3noc(C)n3)c(Oc3cccc(F)c3)c2)cc1. The molecule has 180 valence electrons. The van der Waals surface area contributed by atoms with Crippen LogP contribution in [0.4, 0.5) is 10.1 Å². The number of hydrogen-bond acceptors (Lipinski definition) is 7. The molecule has 1 aromatic heterocycles. The Hall–Kier alpha value is -4.05. The molecule has 0 radical (unpaired) electrons. The van der Waals surface area contributed by atoms with Gasteiger partial charge in [0.1, 0.15) is 17.3 Å². The topological polar surface area (TPSA) is 111 Å². The summed E-state index contributed by atoms with van der Waals surface area (Å²) in [6, 6.07) is 16.8. The van der Waals surface area contributed by atoms with Gasteiger partial charge < -0.3 is 14.6 Å². The zero-order valence-corrected chi connectivity index (χ0v) is 19.8. The Kier molecular flexibility index (Phi) is 6.92. The van der Waals surface area contributed by atoms with Gasteiger partial charge in [-0.3, -0.25) is 4.79 Å². The van der Waals surface area contributed by atoms with Crippen LogP contribution < -0.4 is 10.1 Å². The number of nitrogens with zero attached hydrogens (tertiary/aromatic N) is 2. The number of sulfone groups is 1.